The van der Waals surface area contributed by atoms with E-state index in [4.69, 9.17) is 9.47 Å². The van der Waals surface area contributed by atoms with Crippen molar-refractivity contribution in [3.8, 4) is 11.5 Å². The van der Waals surface area contributed by atoms with Gasteiger partial charge in [0.2, 0.25) is 0 Å². The van der Waals surface area contributed by atoms with Crippen molar-refractivity contribution in [2.75, 3.05) is 24.4 Å². The highest BCUT2D eigenvalue weighted by Crippen LogP contribution is 2.33. The number of carbonyl (C=O) groups excluding carboxylic acids is 2. The van der Waals surface area contributed by atoms with Crippen molar-refractivity contribution >= 4 is 29.3 Å². The van der Waals surface area contributed by atoms with E-state index < -0.39 is 11.8 Å². The van der Waals surface area contributed by atoms with Crippen molar-refractivity contribution in [3.05, 3.63) is 89.0 Å². The first-order chi connectivity index (χ1) is 15.9. The summed E-state index contributed by atoms with van der Waals surface area (Å²) in [5, 5.41) is 5.70. The van der Waals surface area contributed by atoms with Crippen molar-refractivity contribution in [3.63, 3.8) is 0 Å². The van der Waals surface area contributed by atoms with Gasteiger partial charge in [-0.15, -0.1) is 0 Å². The lowest BCUT2D eigenvalue weighted by molar-refractivity contribution is -0.118. The van der Waals surface area contributed by atoms with E-state index in [0.717, 1.165) is 11.1 Å². The highest BCUT2D eigenvalue weighted by molar-refractivity contribution is 6.29. The van der Waals surface area contributed by atoms with E-state index in [1.54, 1.807) is 30.3 Å². The summed E-state index contributed by atoms with van der Waals surface area (Å²) >= 11 is 0. The molecule has 6 nitrogen and oxygen atoms in total. The molecule has 0 heterocycles. The van der Waals surface area contributed by atoms with Crippen molar-refractivity contribution < 1.29 is 19.1 Å². The molecule has 0 saturated heterocycles. The van der Waals surface area contributed by atoms with Crippen LogP contribution in [0, 0.1) is 13.8 Å². The van der Waals surface area contributed by atoms with Gasteiger partial charge in [-0.3, -0.25) is 9.59 Å². The van der Waals surface area contributed by atoms with Gasteiger partial charge in [-0.25, -0.2) is 0 Å². The first-order valence-electron chi connectivity index (χ1n) is 10.7. The molecule has 0 fully saturated rings. The normalized spacial score (nSPS) is 10.2. The Morgan fingerprint density at radius 3 is 1.85 bits per heavy atom. The molecule has 0 bridgehead atoms. The fourth-order valence-corrected chi connectivity index (χ4v) is 3.33. The summed E-state index contributed by atoms with van der Waals surface area (Å²) < 4.78 is 11.2. The maximum atomic E-state index is 13.3. The highest BCUT2D eigenvalue weighted by Gasteiger charge is 2.21. The Morgan fingerprint density at radius 2 is 1.36 bits per heavy atom. The number of hydrogen-bond acceptors (Lipinski definition) is 4. The Hall–Kier alpha value is -4.06. The van der Waals surface area contributed by atoms with Crippen LogP contribution in [0.15, 0.2) is 72.3 Å². The summed E-state index contributed by atoms with van der Waals surface area (Å²) in [6.07, 6.45) is 1.52. The Labute approximate surface area is 194 Å². The van der Waals surface area contributed by atoms with Crippen LogP contribution in [0.1, 0.15) is 23.6 Å². The van der Waals surface area contributed by atoms with Crippen LogP contribution >= 0.6 is 0 Å². The average molecular weight is 445 g/mol. The van der Waals surface area contributed by atoms with Gasteiger partial charge in [0.25, 0.3) is 11.8 Å². The molecule has 170 valence electrons. The third-order valence-electron chi connectivity index (χ3n) is 5.09. The smallest absolute Gasteiger partial charge is 0.261 e. The van der Waals surface area contributed by atoms with E-state index in [1.807, 2.05) is 57.2 Å². The molecule has 0 saturated carbocycles. The lowest BCUT2D eigenvalue weighted by Gasteiger charge is -2.15. The SMILES string of the molecule is CCOc1cccc(C=C(C(=O)Nc2ccccc2C)C(=O)Nc2ccccc2C)c1OC. The van der Waals surface area contributed by atoms with Gasteiger partial charge < -0.3 is 20.1 Å². The molecule has 3 aromatic rings. The fourth-order valence-electron chi connectivity index (χ4n) is 3.33. The molecule has 0 aliphatic rings. The van der Waals surface area contributed by atoms with E-state index in [2.05, 4.69) is 10.6 Å². The van der Waals surface area contributed by atoms with Crippen LogP contribution < -0.4 is 20.1 Å². The molecule has 3 aromatic carbocycles. The molecule has 0 spiro atoms. The zero-order valence-electron chi connectivity index (χ0n) is 19.3. The van der Waals surface area contributed by atoms with E-state index in [-0.39, 0.29) is 5.57 Å². The molecule has 3 rings (SSSR count). The molecule has 0 aliphatic heterocycles. The number of aryl methyl sites for hydroxylation is 2. The van der Waals surface area contributed by atoms with Crippen LogP contribution in [-0.4, -0.2) is 25.5 Å². The Balaban J connectivity index is 2.04. The molecule has 2 amide bonds. The average Bonchev–Trinajstić information content (AvgIpc) is 2.80. The third-order valence-corrected chi connectivity index (χ3v) is 5.09. The number of hydrogen-bond donors (Lipinski definition) is 2. The predicted molar refractivity (Wildman–Crippen MR) is 132 cm³/mol. The molecule has 6 heteroatoms. The van der Waals surface area contributed by atoms with Crippen molar-refractivity contribution in [1.82, 2.24) is 0 Å². The van der Waals surface area contributed by atoms with Crippen molar-refractivity contribution in [2.24, 2.45) is 0 Å². The van der Waals surface area contributed by atoms with E-state index >= 15 is 0 Å². The number of amides is 2. The minimum absolute atomic E-state index is 0.0616. The number of anilines is 2. The van der Waals surface area contributed by atoms with Gasteiger partial charge in [0.05, 0.1) is 13.7 Å². The first kappa shape index (κ1) is 23.6. The number of benzene rings is 3. The number of ether oxygens (including phenoxy) is 2. The molecule has 0 unspecified atom stereocenters. The molecule has 33 heavy (non-hydrogen) atoms. The van der Waals surface area contributed by atoms with E-state index in [1.165, 1.54) is 13.2 Å². The van der Waals surface area contributed by atoms with Crippen molar-refractivity contribution in [1.29, 1.82) is 0 Å². The monoisotopic (exact) mass is 444 g/mol. The lowest BCUT2D eigenvalue weighted by Crippen LogP contribution is -2.26. The Morgan fingerprint density at radius 1 is 0.818 bits per heavy atom. The van der Waals surface area contributed by atoms with Crippen LogP contribution in [-0.2, 0) is 9.59 Å². The standard InChI is InChI=1S/C27H28N2O4/c1-5-33-24-16-10-13-20(25(24)32-4)17-21(26(30)28-22-14-8-6-11-18(22)2)27(31)29-23-15-9-7-12-19(23)3/h6-17H,5H2,1-4H3,(H,28,30)(H,29,31). The third kappa shape index (κ3) is 5.80. The molecule has 0 radical (unpaired) electrons. The van der Waals surface area contributed by atoms with Crippen LogP contribution in [0.4, 0.5) is 11.4 Å². The van der Waals surface area contributed by atoms with Gasteiger partial charge in [0.1, 0.15) is 5.57 Å². The van der Waals surface area contributed by atoms with Crippen LogP contribution in [0.2, 0.25) is 0 Å². The van der Waals surface area contributed by atoms with Gasteiger partial charge in [0.15, 0.2) is 11.5 Å². The molecule has 0 aliphatic carbocycles. The number of para-hydroxylation sites is 3. The maximum absolute atomic E-state index is 13.3. The first-order valence-corrected chi connectivity index (χ1v) is 10.7. The molecule has 0 aromatic heterocycles. The molecule has 2 N–H and O–H groups in total. The number of methoxy groups -OCH3 is 1. The van der Waals surface area contributed by atoms with Crippen LogP contribution in [0.25, 0.3) is 6.08 Å². The fraction of sp³-hybridized carbons (Fsp3) is 0.185. The van der Waals surface area contributed by atoms with Gasteiger partial charge in [-0.2, -0.15) is 0 Å². The molecular formula is C27H28N2O4. The number of nitrogens with one attached hydrogen (secondary N) is 2. The second-order valence-electron chi connectivity index (χ2n) is 7.41. The summed E-state index contributed by atoms with van der Waals surface area (Å²) in [5.41, 5.74) is 3.53. The summed E-state index contributed by atoms with van der Waals surface area (Å²) in [6, 6.07) is 20.1. The maximum Gasteiger partial charge on any atom is 0.261 e. The quantitative estimate of drug-likeness (QED) is 0.278. The van der Waals surface area contributed by atoms with Crippen LogP contribution in [0.5, 0.6) is 11.5 Å². The molecular weight excluding hydrogens is 416 g/mol. The highest BCUT2D eigenvalue weighted by atomic mass is 16.5. The van der Waals surface area contributed by atoms with Gasteiger partial charge in [0, 0.05) is 16.9 Å². The summed E-state index contributed by atoms with van der Waals surface area (Å²) in [7, 11) is 1.52. The van der Waals surface area contributed by atoms with Crippen LogP contribution in [0.3, 0.4) is 0 Å². The molecule has 0 atom stereocenters. The minimum atomic E-state index is -0.528. The number of rotatable bonds is 8. The van der Waals surface area contributed by atoms with E-state index in [9.17, 15) is 9.59 Å². The topological polar surface area (TPSA) is 76.7 Å². The van der Waals surface area contributed by atoms with E-state index in [0.29, 0.717) is 35.0 Å². The van der Waals surface area contributed by atoms with Gasteiger partial charge >= 0.3 is 0 Å². The minimum Gasteiger partial charge on any atom is -0.492 e. The zero-order chi connectivity index (χ0) is 23.8. The Bertz CT molecular complexity index is 1120. The second kappa shape index (κ2) is 11.0. The summed E-state index contributed by atoms with van der Waals surface area (Å²) in [6.45, 7) is 6.11. The Kier molecular flexibility index (Phi) is 7.86. The predicted octanol–water partition coefficient (Wildman–Crippen LogP) is 5.37. The van der Waals surface area contributed by atoms with Crippen molar-refractivity contribution in [2.45, 2.75) is 20.8 Å². The van der Waals surface area contributed by atoms with Gasteiger partial charge in [-0.1, -0.05) is 48.5 Å². The summed E-state index contributed by atoms with van der Waals surface area (Å²) in [5.74, 6) is -0.0746. The largest absolute Gasteiger partial charge is 0.492 e. The number of carbonyl (C=O) groups is 2. The second-order valence-corrected chi connectivity index (χ2v) is 7.41. The zero-order valence-corrected chi connectivity index (χ0v) is 19.3. The lowest BCUT2D eigenvalue weighted by atomic mass is 10.1. The van der Waals surface area contributed by atoms with Gasteiger partial charge in [-0.05, 0) is 56.2 Å². The summed E-state index contributed by atoms with van der Waals surface area (Å²) in [4.78, 5) is 26.6.